The highest BCUT2D eigenvalue weighted by Gasteiger charge is 2.44. The fraction of sp³-hybridized carbons (Fsp3) is 0.318. The summed E-state index contributed by atoms with van der Waals surface area (Å²) in [7, 11) is 3.33. The number of fused-ring (bicyclic) bond motifs is 1. The SMILES string of the molecule is CCN1/C(=C\C=N)C(C)(Cc2ccccc2)c2cc(OC)c(OC)cc21. The van der Waals surface area contributed by atoms with E-state index in [4.69, 9.17) is 14.9 Å². The molecule has 0 spiro atoms. The third-order valence-corrected chi connectivity index (χ3v) is 5.20. The van der Waals surface area contributed by atoms with Crippen molar-refractivity contribution in [2.45, 2.75) is 25.7 Å². The molecule has 0 aliphatic carbocycles. The van der Waals surface area contributed by atoms with Gasteiger partial charge in [0.25, 0.3) is 0 Å². The highest BCUT2D eigenvalue weighted by molar-refractivity contribution is 5.80. The van der Waals surface area contributed by atoms with Crippen molar-refractivity contribution >= 4 is 11.9 Å². The van der Waals surface area contributed by atoms with E-state index in [0.717, 1.165) is 35.8 Å². The van der Waals surface area contributed by atoms with Crippen molar-refractivity contribution in [3.8, 4) is 11.5 Å². The lowest BCUT2D eigenvalue weighted by molar-refractivity contribution is 0.354. The zero-order chi connectivity index (χ0) is 18.7. The number of hydrogen-bond acceptors (Lipinski definition) is 4. The maximum Gasteiger partial charge on any atom is 0.162 e. The van der Waals surface area contributed by atoms with E-state index < -0.39 is 0 Å². The first kappa shape index (κ1) is 18.1. The largest absolute Gasteiger partial charge is 0.493 e. The molecule has 0 aromatic heterocycles. The molecule has 1 heterocycles. The average molecular weight is 350 g/mol. The predicted octanol–water partition coefficient (Wildman–Crippen LogP) is 4.58. The zero-order valence-electron chi connectivity index (χ0n) is 15.9. The highest BCUT2D eigenvalue weighted by atomic mass is 16.5. The van der Waals surface area contributed by atoms with Gasteiger partial charge in [-0.25, -0.2) is 0 Å². The summed E-state index contributed by atoms with van der Waals surface area (Å²) in [5.74, 6) is 1.46. The number of ether oxygens (including phenoxy) is 2. The van der Waals surface area contributed by atoms with E-state index in [1.807, 2.05) is 18.2 Å². The van der Waals surface area contributed by atoms with Crippen molar-refractivity contribution in [2.24, 2.45) is 0 Å². The summed E-state index contributed by atoms with van der Waals surface area (Å²) in [6.45, 7) is 5.20. The molecule has 0 bridgehead atoms. The molecule has 0 saturated heterocycles. The van der Waals surface area contributed by atoms with Crippen LogP contribution in [0, 0.1) is 5.41 Å². The molecule has 136 valence electrons. The van der Waals surface area contributed by atoms with E-state index in [1.165, 1.54) is 17.3 Å². The van der Waals surface area contributed by atoms with Crippen LogP contribution in [-0.4, -0.2) is 27.0 Å². The maximum atomic E-state index is 7.68. The Kier molecular flexibility index (Phi) is 5.03. The maximum absolute atomic E-state index is 7.68. The van der Waals surface area contributed by atoms with Crippen molar-refractivity contribution in [2.75, 3.05) is 25.7 Å². The van der Waals surface area contributed by atoms with E-state index >= 15 is 0 Å². The molecule has 2 aromatic rings. The van der Waals surface area contributed by atoms with Gasteiger partial charge in [-0.15, -0.1) is 0 Å². The molecule has 4 nitrogen and oxygen atoms in total. The zero-order valence-corrected chi connectivity index (χ0v) is 15.9. The fourth-order valence-corrected chi connectivity index (χ4v) is 3.98. The van der Waals surface area contributed by atoms with Crippen LogP contribution in [-0.2, 0) is 11.8 Å². The van der Waals surface area contributed by atoms with Crippen molar-refractivity contribution in [3.63, 3.8) is 0 Å². The van der Waals surface area contributed by atoms with Crippen LogP contribution in [0.15, 0.2) is 54.2 Å². The van der Waals surface area contributed by atoms with Crippen LogP contribution in [0.1, 0.15) is 25.0 Å². The van der Waals surface area contributed by atoms with Gasteiger partial charge in [-0.3, -0.25) is 0 Å². The normalized spacial score (nSPS) is 20.2. The summed E-state index contributed by atoms with van der Waals surface area (Å²) >= 11 is 0. The van der Waals surface area contributed by atoms with Gasteiger partial charge in [-0.2, -0.15) is 0 Å². The molecule has 1 aliphatic rings. The molecule has 1 unspecified atom stereocenters. The number of allylic oxidation sites excluding steroid dienone is 2. The van der Waals surface area contributed by atoms with Crippen molar-refractivity contribution in [1.29, 1.82) is 5.41 Å². The fourth-order valence-electron chi connectivity index (χ4n) is 3.98. The summed E-state index contributed by atoms with van der Waals surface area (Å²) in [6, 6.07) is 14.6. The number of hydrogen-bond donors (Lipinski definition) is 1. The topological polar surface area (TPSA) is 45.6 Å². The van der Waals surface area contributed by atoms with Crippen LogP contribution in [0.25, 0.3) is 0 Å². The summed E-state index contributed by atoms with van der Waals surface area (Å²) < 4.78 is 11.1. The molecule has 1 N–H and O–H groups in total. The number of methoxy groups -OCH3 is 2. The van der Waals surface area contributed by atoms with Gasteiger partial charge in [-0.05, 0) is 43.5 Å². The Morgan fingerprint density at radius 2 is 1.73 bits per heavy atom. The summed E-state index contributed by atoms with van der Waals surface area (Å²) in [4.78, 5) is 2.27. The Morgan fingerprint density at radius 3 is 2.31 bits per heavy atom. The molecule has 1 aliphatic heterocycles. The van der Waals surface area contributed by atoms with Crippen molar-refractivity contribution in [1.82, 2.24) is 0 Å². The minimum Gasteiger partial charge on any atom is -0.493 e. The van der Waals surface area contributed by atoms with E-state index in [0.29, 0.717) is 0 Å². The average Bonchev–Trinajstić information content (AvgIpc) is 2.89. The highest BCUT2D eigenvalue weighted by Crippen LogP contribution is 2.52. The van der Waals surface area contributed by atoms with Gasteiger partial charge in [-0.1, -0.05) is 30.3 Å². The molecule has 1 atom stereocenters. The van der Waals surface area contributed by atoms with Gasteiger partial charge in [0.1, 0.15) is 0 Å². The van der Waals surface area contributed by atoms with Gasteiger partial charge in [0.2, 0.25) is 0 Å². The second kappa shape index (κ2) is 7.24. The van der Waals surface area contributed by atoms with Crippen molar-refractivity contribution < 1.29 is 9.47 Å². The first-order valence-electron chi connectivity index (χ1n) is 8.88. The first-order valence-corrected chi connectivity index (χ1v) is 8.88. The molecule has 3 rings (SSSR count). The lowest BCUT2D eigenvalue weighted by Crippen LogP contribution is -2.30. The molecule has 0 radical (unpaired) electrons. The number of benzene rings is 2. The van der Waals surface area contributed by atoms with Crippen LogP contribution < -0.4 is 14.4 Å². The number of nitrogens with zero attached hydrogens (tertiary/aromatic N) is 1. The molecule has 2 aromatic carbocycles. The summed E-state index contributed by atoms with van der Waals surface area (Å²) in [6.07, 6.45) is 4.14. The third kappa shape index (κ3) is 2.85. The Labute approximate surface area is 155 Å². The molecule has 0 fully saturated rings. The smallest absolute Gasteiger partial charge is 0.162 e. The Bertz CT molecular complexity index is 830. The summed E-state index contributed by atoms with van der Waals surface area (Å²) in [5, 5.41) is 7.68. The lowest BCUT2D eigenvalue weighted by Gasteiger charge is -2.30. The van der Waals surface area contributed by atoms with Crippen LogP contribution >= 0.6 is 0 Å². The standard InChI is InChI=1S/C22H26N2O2/c1-5-24-18-14-20(26-4)19(25-3)13-17(18)22(2,21(24)11-12-23)15-16-9-7-6-8-10-16/h6-14,23H,5,15H2,1-4H3/b21-11-,23-12?. The molecule has 4 heteroatoms. The minimum atomic E-state index is -0.246. The van der Waals surface area contributed by atoms with E-state index in [1.54, 1.807) is 14.2 Å². The molecule has 0 saturated carbocycles. The van der Waals surface area contributed by atoms with E-state index in [2.05, 4.69) is 49.1 Å². The second-order valence-electron chi connectivity index (χ2n) is 6.68. The molecular weight excluding hydrogens is 324 g/mol. The van der Waals surface area contributed by atoms with Gasteiger partial charge in [0.15, 0.2) is 11.5 Å². The van der Waals surface area contributed by atoms with E-state index in [-0.39, 0.29) is 5.41 Å². The van der Waals surface area contributed by atoms with Gasteiger partial charge >= 0.3 is 0 Å². The molecule has 26 heavy (non-hydrogen) atoms. The van der Waals surface area contributed by atoms with Crippen LogP contribution in [0.3, 0.4) is 0 Å². The number of likely N-dealkylation sites (N-methyl/N-ethyl adjacent to an activating group) is 1. The number of nitrogens with one attached hydrogen (secondary N) is 1. The molecular formula is C22H26N2O2. The second-order valence-corrected chi connectivity index (χ2v) is 6.68. The number of rotatable bonds is 6. The van der Waals surface area contributed by atoms with Gasteiger partial charge < -0.3 is 19.8 Å². The van der Waals surface area contributed by atoms with Crippen LogP contribution in [0.2, 0.25) is 0 Å². The number of anilines is 1. The monoisotopic (exact) mass is 350 g/mol. The Morgan fingerprint density at radius 1 is 1.08 bits per heavy atom. The lowest BCUT2D eigenvalue weighted by atomic mass is 9.76. The van der Waals surface area contributed by atoms with Crippen LogP contribution in [0.5, 0.6) is 11.5 Å². The predicted molar refractivity (Wildman–Crippen MR) is 107 cm³/mol. The Hall–Kier alpha value is -2.75. The first-order chi connectivity index (χ1) is 12.6. The third-order valence-electron chi connectivity index (χ3n) is 5.20. The van der Waals surface area contributed by atoms with Gasteiger partial charge in [0.05, 0.1) is 14.2 Å². The van der Waals surface area contributed by atoms with Crippen LogP contribution in [0.4, 0.5) is 5.69 Å². The molecule has 0 amide bonds. The minimum absolute atomic E-state index is 0.246. The van der Waals surface area contributed by atoms with Gasteiger partial charge in [0, 0.05) is 35.6 Å². The summed E-state index contributed by atoms with van der Waals surface area (Å²) in [5.41, 5.74) is 4.48. The van der Waals surface area contributed by atoms with Crippen molar-refractivity contribution in [3.05, 3.63) is 65.4 Å². The quantitative estimate of drug-likeness (QED) is 0.776. The Balaban J connectivity index is 2.22. The van der Waals surface area contributed by atoms with E-state index in [9.17, 15) is 0 Å².